The lowest BCUT2D eigenvalue weighted by Gasteiger charge is -2.15. The third kappa shape index (κ3) is 3.68. The van der Waals surface area contributed by atoms with E-state index in [0.717, 1.165) is 59.5 Å². The molecule has 0 bridgehead atoms. The second kappa shape index (κ2) is 7.92. The van der Waals surface area contributed by atoms with Gasteiger partial charge in [0.1, 0.15) is 5.69 Å². The standard InChI is InChI=1S/C24H21ClN4O/c25-20-8-10-21-19(15-20)7-9-22(27-21)23-26-11-14-29(23)16-17-3-5-18(6-4-17)24(30)28-12-1-2-13-28/h3-11,14-15H,1-2,12-13,16H2. The lowest BCUT2D eigenvalue weighted by molar-refractivity contribution is 0.0793. The van der Waals surface area contributed by atoms with E-state index in [4.69, 9.17) is 16.6 Å². The number of imidazole rings is 1. The second-order valence-corrected chi connectivity index (χ2v) is 8.04. The van der Waals surface area contributed by atoms with Gasteiger partial charge in [0.05, 0.1) is 5.52 Å². The Bertz CT molecular complexity index is 1210. The van der Waals surface area contributed by atoms with E-state index in [1.165, 1.54) is 0 Å². The Labute approximate surface area is 179 Å². The smallest absolute Gasteiger partial charge is 0.253 e. The van der Waals surface area contributed by atoms with Crippen LogP contribution in [0.2, 0.25) is 5.02 Å². The summed E-state index contributed by atoms with van der Waals surface area (Å²) in [5.41, 5.74) is 3.56. The van der Waals surface area contributed by atoms with Crippen molar-refractivity contribution >= 4 is 28.4 Å². The number of halogens is 1. The van der Waals surface area contributed by atoms with Crippen LogP contribution in [0, 0.1) is 0 Å². The maximum atomic E-state index is 12.5. The molecule has 1 aliphatic rings. The van der Waals surface area contributed by atoms with E-state index in [1.54, 1.807) is 6.20 Å². The van der Waals surface area contributed by atoms with Crippen molar-refractivity contribution in [2.24, 2.45) is 0 Å². The van der Waals surface area contributed by atoms with Crippen molar-refractivity contribution in [2.45, 2.75) is 19.4 Å². The van der Waals surface area contributed by atoms with E-state index in [1.807, 2.05) is 65.7 Å². The molecule has 2 aromatic heterocycles. The Hall–Kier alpha value is -3.18. The zero-order valence-electron chi connectivity index (χ0n) is 16.5. The van der Waals surface area contributed by atoms with Crippen LogP contribution in [0.3, 0.4) is 0 Å². The topological polar surface area (TPSA) is 51.0 Å². The third-order valence-electron chi connectivity index (χ3n) is 5.54. The largest absolute Gasteiger partial charge is 0.339 e. The zero-order chi connectivity index (χ0) is 20.5. The van der Waals surface area contributed by atoms with E-state index in [2.05, 4.69) is 9.55 Å². The van der Waals surface area contributed by atoms with Gasteiger partial charge in [-0.05, 0) is 54.8 Å². The van der Waals surface area contributed by atoms with Gasteiger partial charge in [-0.15, -0.1) is 0 Å². The van der Waals surface area contributed by atoms with Crippen molar-refractivity contribution in [3.05, 3.63) is 83.1 Å². The molecular formula is C24H21ClN4O. The summed E-state index contributed by atoms with van der Waals surface area (Å²) < 4.78 is 2.07. The van der Waals surface area contributed by atoms with Crippen molar-refractivity contribution in [1.82, 2.24) is 19.4 Å². The van der Waals surface area contributed by atoms with Crippen LogP contribution in [0.25, 0.3) is 22.4 Å². The summed E-state index contributed by atoms with van der Waals surface area (Å²) in [5.74, 6) is 0.937. The molecule has 0 spiro atoms. The number of amides is 1. The summed E-state index contributed by atoms with van der Waals surface area (Å²) in [4.78, 5) is 23.7. The number of likely N-dealkylation sites (tertiary alicyclic amines) is 1. The van der Waals surface area contributed by atoms with Crippen molar-refractivity contribution < 1.29 is 4.79 Å². The summed E-state index contributed by atoms with van der Waals surface area (Å²) in [6, 6.07) is 17.5. The van der Waals surface area contributed by atoms with Gasteiger partial charge in [-0.3, -0.25) is 4.79 Å². The predicted octanol–water partition coefficient (Wildman–Crippen LogP) is 5.04. The van der Waals surface area contributed by atoms with E-state index >= 15 is 0 Å². The first-order valence-corrected chi connectivity index (χ1v) is 10.5. The first-order valence-electron chi connectivity index (χ1n) is 10.1. The number of rotatable bonds is 4. The van der Waals surface area contributed by atoms with Gasteiger partial charge in [-0.25, -0.2) is 9.97 Å². The van der Waals surface area contributed by atoms with Crippen molar-refractivity contribution in [1.29, 1.82) is 0 Å². The second-order valence-electron chi connectivity index (χ2n) is 7.61. The molecule has 5 nitrogen and oxygen atoms in total. The van der Waals surface area contributed by atoms with Crippen LogP contribution in [-0.2, 0) is 6.54 Å². The number of benzene rings is 2. The quantitative estimate of drug-likeness (QED) is 0.468. The van der Waals surface area contributed by atoms with Crippen molar-refractivity contribution in [3.8, 4) is 11.5 Å². The average molecular weight is 417 g/mol. The molecule has 0 N–H and O–H groups in total. The number of carbonyl (C=O) groups is 1. The van der Waals surface area contributed by atoms with Gasteiger partial charge < -0.3 is 9.47 Å². The van der Waals surface area contributed by atoms with Crippen LogP contribution in [0.15, 0.2) is 67.0 Å². The fourth-order valence-electron chi connectivity index (χ4n) is 3.94. The van der Waals surface area contributed by atoms with Crippen LogP contribution in [0.4, 0.5) is 0 Å². The summed E-state index contributed by atoms with van der Waals surface area (Å²) in [6.07, 6.45) is 5.94. The molecular weight excluding hydrogens is 396 g/mol. The van der Waals surface area contributed by atoms with Crippen LogP contribution in [0.5, 0.6) is 0 Å². The van der Waals surface area contributed by atoms with E-state index < -0.39 is 0 Å². The molecule has 0 atom stereocenters. The maximum absolute atomic E-state index is 12.5. The SMILES string of the molecule is O=C(c1ccc(Cn2ccnc2-c2ccc3cc(Cl)ccc3n2)cc1)N1CCCC1. The molecule has 150 valence electrons. The number of carbonyl (C=O) groups excluding carboxylic acids is 1. The average Bonchev–Trinajstić information content (AvgIpc) is 3.46. The molecule has 1 fully saturated rings. The Morgan fingerprint density at radius 2 is 1.80 bits per heavy atom. The molecule has 5 rings (SSSR count). The van der Waals surface area contributed by atoms with Crippen LogP contribution in [-0.4, -0.2) is 38.4 Å². The molecule has 1 amide bonds. The van der Waals surface area contributed by atoms with Crippen molar-refractivity contribution in [3.63, 3.8) is 0 Å². The third-order valence-corrected chi connectivity index (χ3v) is 5.78. The number of nitrogens with zero attached hydrogens (tertiary/aromatic N) is 4. The summed E-state index contributed by atoms with van der Waals surface area (Å²) in [6.45, 7) is 2.39. The maximum Gasteiger partial charge on any atom is 0.253 e. The molecule has 6 heteroatoms. The van der Waals surface area contributed by atoms with Crippen LogP contribution < -0.4 is 0 Å². The first-order chi connectivity index (χ1) is 14.7. The molecule has 0 aliphatic carbocycles. The zero-order valence-corrected chi connectivity index (χ0v) is 17.2. The minimum atomic E-state index is 0.128. The number of hydrogen-bond donors (Lipinski definition) is 0. The molecule has 1 aliphatic heterocycles. The summed E-state index contributed by atoms with van der Waals surface area (Å²) in [5, 5.41) is 1.70. The summed E-state index contributed by atoms with van der Waals surface area (Å²) >= 11 is 6.07. The van der Waals surface area contributed by atoms with Crippen molar-refractivity contribution in [2.75, 3.05) is 13.1 Å². The lowest BCUT2D eigenvalue weighted by atomic mass is 10.1. The van der Waals surface area contributed by atoms with E-state index in [0.29, 0.717) is 11.6 Å². The minimum absolute atomic E-state index is 0.128. The predicted molar refractivity (Wildman–Crippen MR) is 119 cm³/mol. The van der Waals surface area contributed by atoms with Gasteiger partial charge in [0, 0.05) is 48.0 Å². The Morgan fingerprint density at radius 1 is 1.00 bits per heavy atom. The molecule has 4 aromatic rings. The molecule has 0 saturated carbocycles. The minimum Gasteiger partial charge on any atom is -0.339 e. The highest BCUT2D eigenvalue weighted by molar-refractivity contribution is 6.31. The van der Waals surface area contributed by atoms with Crippen LogP contribution in [0.1, 0.15) is 28.8 Å². The fourth-order valence-corrected chi connectivity index (χ4v) is 4.12. The fraction of sp³-hybridized carbons (Fsp3) is 0.208. The highest BCUT2D eigenvalue weighted by Gasteiger charge is 2.19. The number of fused-ring (bicyclic) bond motifs is 1. The Morgan fingerprint density at radius 3 is 2.60 bits per heavy atom. The lowest BCUT2D eigenvalue weighted by Crippen LogP contribution is -2.27. The van der Waals surface area contributed by atoms with Crippen LogP contribution >= 0.6 is 11.6 Å². The summed E-state index contributed by atoms with van der Waals surface area (Å²) in [7, 11) is 0. The van der Waals surface area contributed by atoms with Gasteiger partial charge in [0.25, 0.3) is 5.91 Å². The van der Waals surface area contributed by atoms with E-state index in [9.17, 15) is 4.79 Å². The van der Waals surface area contributed by atoms with Gasteiger partial charge in [-0.2, -0.15) is 0 Å². The normalized spacial score (nSPS) is 13.8. The highest BCUT2D eigenvalue weighted by atomic mass is 35.5. The Balaban J connectivity index is 1.37. The molecule has 3 heterocycles. The van der Waals surface area contributed by atoms with E-state index in [-0.39, 0.29) is 5.91 Å². The number of hydrogen-bond acceptors (Lipinski definition) is 3. The first kappa shape index (κ1) is 18.8. The Kier molecular flexibility index (Phi) is 4.97. The van der Waals surface area contributed by atoms with Gasteiger partial charge in [0.15, 0.2) is 5.82 Å². The van der Waals surface area contributed by atoms with Gasteiger partial charge in [-0.1, -0.05) is 29.8 Å². The molecule has 1 saturated heterocycles. The highest BCUT2D eigenvalue weighted by Crippen LogP contribution is 2.23. The number of aromatic nitrogens is 3. The molecule has 30 heavy (non-hydrogen) atoms. The van der Waals surface area contributed by atoms with Gasteiger partial charge >= 0.3 is 0 Å². The molecule has 2 aromatic carbocycles. The molecule has 0 unspecified atom stereocenters. The number of pyridine rings is 1. The monoisotopic (exact) mass is 416 g/mol. The molecule has 0 radical (unpaired) electrons. The van der Waals surface area contributed by atoms with Gasteiger partial charge in [0.2, 0.25) is 0 Å².